The molecule has 1 aromatic heterocycles. The number of nitrogens with zero attached hydrogens (tertiary/aromatic N) is 5. The second kappa shape index (κ2) is 9.14. The van der Waals surface area contributed by atoms with Crippen LogP contribution in [0.5, 0.6) is 0 Å². The molecule has 35 heavy (non-hydrogen) atoms. The molecule has 0 bridgehead atoms. The van der Waals surface area contributed by atoms with E-state index in [1.54, 1.807) is 29.2 Å². The minimum Gasteiger partial charge on any atom is -0.367 e. The molecule has 1 aromatic carbocycles. The normalized spacial score (nSPS) is 27.0. The summed E-state index contributed by atoms with van der Waals surface area (Å²) >= 11 is 0. The first kappa shape index (κ1) is 23.6. The number of likely N-dealkylation sites (tertiary alicyclic amines) is 1. The van der Waals surface area contributed by atoms with E-state index in [2.05, 4.69) is 34.7 Å². The number of ketones is 1. The van der Waals surface area contributed by atoms with E-state index in [4.69, 9.17) is 4.74 Å². The minimum absolute atomic E-state index is 0.00829. The largest absolute Gasteiger partial charge is 0.367 e. The Balaban J connectivity index is 1.40. The van der Waals surface area contributed by atoms with E-state index in [1.165, 1.54) is 11.0 Å². The van der Waals surface area contributed by atoms with Crippen LogP contribution in [-0.4, -0.2) is 74.0 Å². The molecule has 3 aliphatic rings. The number of Topliss-reactive ketones (excluding diaryl/α,β-unsaturated/α-hetero) is 1. The SMILES string of the molecule is C[C@@H]1CN(C(=O)[C@@H](NC(=O)c2cccc(-n3cnnn3)c2)C2CCC(C)(C)CC2)[C@@H]2C(=O)CO[C@H]12. The molecule has 1 saturated carbocycles. The standard InChI is InChI=1S/C25H32N6O4/c1-15-12-30(21-19(32)13-35-22(15)21)24(34)20(16-7-9-25(2,3)10-8-16)27-23(33)17-5-4-6-18(11-17)31-14-26-28-29-31/h4-6,11,14-16,20-22H,7-10,12-13H2,1-3H3,(H,27,33)/t15-,20+,21-,22-/m1/s1. The molecule has 1 aliphatic carbocycles. The number of carbonyl (C=O) groups excluding carboxylic acids is 3. The van der Waals surface area contributed by atoms with Gasteiger partial charge in [0.1, 0.15) is 25.0 Å². The van der Waals surface area contributed by atoms with Gasteiger partial charge in [0.05, 0.1) is 11.8 Å². The van der Waals surface area contributed by atoms with E-state index >= 15 is 0 Å². The molecule has 1 N–H and O–H groups in total. The fourth-order valence-corrected chi connectivity index (χ4v) is 5.73. The Morgan fingerprint density at radius 1 is 1.23 bits per heavy atom. The Labute approximate surface area is 204 Å². The highest BCUT2D eigenvalue weighted by molar-refractivity contribution is 5.99. The maximum Gasteiger partial charge on any atom is 0.252 e. The van der Waals surface area contributed by atoms with Crippen LogP contribution >= 0.6 is 0 Å². The zero-order valence-corrected chi connectivity index (χ0v) is 20.4. The van der Waals surface area contributed by atoms with Gasteiger partial charge < -0.3 is 15.0 Å². The Bertz CT molecular complexity index is 1110. The lowest BCUT2D eigenvalue weighted by Gasteiger charge is -2.39. The van der Waals surface area contributed by atoms with E-state index in [0.717, 1.165) is 25.7 Å². The number of benzene rings is 1. The molecule has 3 heterocycles. The Kier molecular flexibility index (Phi) is 6.16. The lowest BCUT2D eigenvalue weighted by Crippen LogP contribution is -2.55. The first-order valence-corrected chi connectivity index (χ1v) is 12.3. The van der Waals surface area contributed by atoms with Gasteiger partial charge in [0.25, 0.3) is 5.91 Å². The average Bonchev–Trinajstić information content (AvgIpc) is 3.57. The van der Waals surface area contributed by atoms with Gasteiger partial charge in [0.2, 0.25) is 5.91 Å². The van der Waals surface area contributed by atoms with Crippen LogP contribution in [0, 0.1) is 17.3 Å². The second-order valence-electron chi connectivity index (χ2n) is 10.9. The third-order valence-electron chi connectivity index (χ3n) is 7.85. The van der Waals surface area contributed by atoms with Crippen LogP contribution in [0.25, 0.3) is 5.69 Å². The summed E-state index contributed by atoms with van der Waals surface area (Å²) in [4.78, 5) is 41.6. The van der Waals surface area contributed by atoms with Crippen molar-refractivity contribution in [2.24, 2.45) is 17.3 Å². The summed E-state index contributed by atoms with van der Waals surface area (Å²) < 4.78 is 7.16. The van der Waals surface area contributed by atoms with Crippen LogP contribution < -0.4 is 5.32 Å². The van der Waals surface area contributed by atoms with Gasteiger partial charge in [-0.1, -0.05) is 26.8 Å². The van der Waals surface area contributed by atoms with Crippen molar-refractivity contribution >= 4 is 17.6 Å². The van der Waals surface area contributed by atoms with Crippen molar-refractivity contribution in [3.8, 4) is 5.69 Å². The molecule has 5 rings (SSSR count). The van der Waals surface area contributed by atoms with E-state index in [-0.39, 0.29) is 47.6 Å². The number of tetrazole rings is 1. The minimum atomic E-state index is -0.699. The van der Waals surface area contributed by atoms with Crippen molar-refractivity contribution < 1.29 is 19.1 Å². The van der Waals surface area contributed by atoms with Gasteiger partial charge in [0, 0.05) is 18.0 Å². The third kappa shape index (κ3) is 4.59. The first-order valence-electron chi connectivity index (χ1n) is 12.3. The number of ether oxygens (including phenoxy) is 1. The number of hydrogen-bond donors (Lipinski definition) is 1. The summed E-state index contributed by atoms with van der Waals surface area (Å²) in [7, 11) is 0. The number of fused-ring (bicyclic) bond motifs is 1. The third-order valence-corrected chi connectivity index (χ3v) is 7.85. The van der Waals surface area contributed by atoms with Gasteiger partial charge >= 0.3 is 0 Å². The molecular formula is C25H32N6O4. The van der Waals surface area contributed by atoms with Crippen molar-refractivity contribution in [3.05, 3.63) is 36.2 Å². The van der Waals surface area contributed by atoms with Crippen molar-refractivity contribution in [2.75, 3.05) is 13.2 Å². The molecule has 2 aromatic rings. The molecule has 10 nitrogen and oxygen atoms in total. The molecule has 2 saturated heterocycles. The molecule has 0 radical (unpaired) electrons. The number of hydrogen-bond acceptors (Lipinski definition) is 7. The van der Waals surface area contributed by atoms with Crippen molar-refractivity contribution in [3.63, 3.8) is 0 Å². The summed E-state index contributed by atoms with van der Waals surface area (Å²) in [6, 6.07) is 5.70. The molecule has 2 aliphatic heterocycles. The first-order chi connectivity index (χ1) is 16.7. The van der Waals surface area contributed by atoms with Crippen LogP contribution in [0.3, 0.4) is 0 Å². The number of amides is 2. The van der Waals surface area contributed by atoms with Gasteiger partial charge in [0.15, 0.2) is 5.78 Å². The van der Waals surface area contributed by atoms with Crippen LogP contribution in [0.2, 0.25) is 0 Å². The molecule has 10 heteroatoms. The molecule has 186 valence electrons. The van der Waals surface area contributed by atoms with E-state index in [9.17, 15) is 14.4 Å². The van der Waals surface area contributed by atoms with Gasteiger partial charge in [-0.05, 0) is 65.6 Å². The van der Waals surface area contributed by atoms with Crippen molar-refractivity contribution in [1.29, 1.82) is 0 Å². The smallest absolute Gasteiger partial charge is 0.252 e. The van der Waals surface area contributed by atoms with Crippen molar-refractivity contribution in [1.82, 2.24) is 30.4 Å². The molecule has 3 fully saturated rings. The molecule has 0 unspecified atom stereocenters. The van der Waals surface area contributed by atoms with Gasteiger partial charge in [-0.25, -0.2) is 4.68 Å². The Morgan fingerprint density at radius 2 is 2.00 bits per heavy atom. The topological polar surface area (TPSA) is 119 Å². The van der Waals surface area contributed by atoms with E-state index in [1.807, 2.05) is 6.92 Å². The summed E-state index contributed by atoms with van der Waals surface area (Å²) in [6.45, 7) is 6.99. The summed E-state index contributed by atoms with van der Waals surface area (Å²) in [5.41, 5.74) is 1.28. The number of rotatable bonds is 5. The van der Waals surface area contributed by atoms with Crippen LogP contribution in [0.4, 0.5) is 0 Å². The Hall–Kier alpha value is -3.14. The molecular weight excluding hydrogens is 448 g/mol. The highest BCUT2D eigenvalue weighted by Gasteiger charge is 2.52. The predicted octanol–water partition coefficient (Wildman–Crippen LogP) is 1.79. The number of aromatic nitrogens is 4. The summed E-state index contributed by atoms with van der Waals surface area (Å²) in [5.74, 6) is -0.491. The lowest BCUT2D eigenvalue weighted by atomic mass is 9.71. The zero-order chi connectivity index (χ0) is 24.7. The van der Waals surface area contributed by atoms with Gasteiger partial charge in [-0.15, -0.1) is 5.10 Å². The number of nitrogens with one attached hydrogen (secondary N) is 1. The van der Waals surface area contributed by atoms with E-state index in [0.29, 0.717) is 17.8 Å². The highest BCUT2D eigenvalue weighted by Crippen LogP contribution is 2.40. The van der Waals surface area contributed by atoms with Crippen LogP contribution in [0.1, 0.15) is 56.8 Å². The molecule has 4 atom stereocenters. The van der Waals surface area contributed by atoms with Crippen LogP contribution in [0.15, 0.2) is 30.6 Å². The quantitative estimate of drug-likeness (QED) is 0.693. The zero-order valence-electron chi connectivity index (χ0n) is 20.4. The van der Waals surface area contributed by atoms with E-state index < -0.39 is 12.1 Å². The van der Waals surface area contributed by atoms with Gasteiger partial charge in [-0.2, -0.15) is 0 Å². The fourth-order valence-electron chi connectivity index (χ4n) is 5.73. The van der Waals surface area contributed by atoms with Crippen molar-refractivity contribution in [2.45, 2.75) is 64.6 Å². The molecule has 0 spiro atoms. The number of carbonyl (C=O) groups is 3. The highest BCUT2D eigenvalue weighted by atomic mass is 16.5. The van der Waals surface area contributed by atoms with Gasteiger partial charge in [-0.3, -0.25) is 14.4 Å². The monoisotopic (exact) mass is 480 g/mol. The second-order valence-corrected chi connectivity index (χ2v) is 10.9. The maximum absolute atomic E-state index is 13.9. The van der Waals surface area contributed by atoms with Crippen LogP contribution in [-0.2, 0) is 14.3 Å². The maximum atomic E-state index is 13.9. The fraction of sp³-hybridized carbons (Fsp3) is 0.600. The summed E-state index contributed by atoms with van der Waals surface area (Å²) in [5, 5.41) is 14.2. The Morgan fingerprint density at radius 3 is 2.71 bits per heavy atom. The lowest BCUT2D eigenvalue weighted by molar-refractivity contribution is -0.139. The summed E-state index contributed by atoms with van der Waals surface area (Å²) in [6.07, 6.45) is 4.85. The average molecular weight is 481 g/mol. The predicted molar refractivity (Wildman–Crippen MR) is 126 cm³/mol. The molecule has 2 amide bonds.